The molecule has 0 bridgehead atoms. The van der Waals surface area contributed by atoms with Crippen LogP contribution >= 0.6 is 0 Å². The van der Waals surface area contributed by atoms with Crippen molar-refractivity contribution in [3.63, 3.8) is 0 Å². The number of nitrogens with one attached hydrogen (secondary N) is 1. The number of halogens is 1. The highest BCUT2D eigenvalue weighted by molar-refractivity contribution is 5.09. The molecule has 0 fully saturated rings. The fourth-order valence-electron chi connectivity index (χ4n) is 1.34. The Morgan fingerprint density at radius 1 is 1.50 bits per heavy atom. The highest BCUT2D eigenvalue weighted by Gasteiger charge is 2.12. The molecule has 0 aliphatic carbocycles. The summed E-state index contributed by atoms with van der Waals surface area (Å²) >= 11 is 0. The Morgan fingerprint density at radius 2 is 2.21 bits per heavy atom. The van der Waals surface area contributed by atoms with E-state index in [0.717, 1.165) is 12.1 Å². The molecule has 3 N–H and O–H groups in total. The summed E-state index contributed by atoms with van der Waals surface area (Å²) in [5.41, 5.74) is 3.46. The van der Waals surface area contributed by atoms with Gasteiger partial charge in [0, 0.05) is 0 Å². The smallest absolute Gasteiger partial charge is 0.141 e. The van der Waals surface area contributed by atoms with Crippen molar-refractivity contribution in [3.05, 3.63) is 29.8 Å². The lowest BCUT2D eigenvalue weighted by molar-refractivity contribution is 0.429. The maximum absolute atomic E-state index is 12.6. The van der Waals surface area contributed by atoms with Gasteiger partial charge in [0.1, 0.15) is 5.82 Å². The molecule has 0 aliphatic heterocycles. The second kappa shape index (κ2) is 5.02. The largest absolute Gasteiger partial charge is 0.271 e. The van der Waals surface area contributed by atoms with E-state index in [9.17, 15) is 4.39 Å². The molecule has 0 saturated heterocycles. The molecule has 78 valence electrons. The van der Waals surface area contributed by atoms with Crippen LogP contribution in [0.1, 0.15) is 32.0 Å². The maximum Gasteiger partial charge on any atom is 0.141 e. The molecule has 0 aliphatic rings. The van der Waals surface area contributed by atoms with E-state index >= 15 is 0 Å². The van der Waals surface area contributed by atoms with Gasteiger partial charge in [-0.05, 0) is 24.5 Å². The Bertz CT molecular complexity index is 271. The van der Waals surface area contributed by atoms with Crippen molar-refractivity contribution in [1.82, 2.24) is 10.4 Å². The lowest BCUT2D eigenvalue weighted by Crippen LogP contribution is -2.29. The van der Waals surface area contributed by atoms with Crippen LogP contribution in [0.15, 0.2) is 18.3 Å². The first-order valence-corrected chi connectivity index (χ1v) is 4.71. The first-order valence-electron chi connectivity index (χ1n) is 4.71. The number of hydrazine groups is 1. The van der Waals surface area contributed by atoms with E-state index in [0.29, 0.717) is 5.92 Å². The molecule has 0 aromatic carbocycles. The molecule has 0 amide bonds. The molecule has 3 nitrogen and oxygen atoms in total. The fraction of sp³-hybridized carbons (Fsp3) is 0.500. The van der Waals surface area contributed by atoms with Crippen LogP contribution in [0.25, 0.3) is 0 Å². The van der Waals surface area contributed by atoms with Gasteiger partial charge in [0.05, 0.1) is 17.9 Å². The van der Waals surface area contributed by atoms with Crippen molar-refractivity contribution in [1.29, 1.82) is 0 Å². The number of nitrogens with two attached hydrogens (primary N) is 1. The average molecular weight is 197 g/mol. The fourth-order valence-corrected chi connectivity index (χ4v) is 1.34. The molecule has 1 aromatic heterocycles. The summed E-state index contributed by atoms with van der Waals surface area (Å²) in [6.07, 6.45) is 2.09. The second-order valence-electron chi connectivity index (χ2n) is 3.75. The normalized spacial score (nSPS) is 13.2. The Balaban J connectivity index is 2.73. The molecule has 0 saturated carbocycles. The first kappa shape index (κ1) is 11.1. The van der Waals surface area contributed by atoms with Gasteiger partial charge in [0.25, 0.3) is 0 Å². The van der Waals surface area contributed by atoms with Crippen molar-refractivity contribution in [2.45, 2.75) is 26.3 Å². The third kappa shape index (κ3) is 3.05. The molecule has 14 heavy (non-hydrogen) atoms. The van der Waals surface area contributed by atoms with Gasteiger partial charge in [-0.25, -0.2) is 4.39 Å². The van der Waals surface area contributed by atoms with Crippen LogP contribution in [0.3, 0.4) is 0 Å². The lowest BCUT2D eigenvalue weighted by atomic mass is 10.0. The first-order chi connectivity index (χ1) is 6.63. The summed E-state index contributed by atoms with van der Waals surface area (Å²) in [5.74, 6) is 5.60. The van der Waals surface area contributed by atoms with Gasteiger partial charge < -0.3 is 0 Å². The van der Waals surface area contributed by atoms with Gasteiger partial charge in [0.2, 0.25) is 0 Å². The van der Waals surface area contributed by atoms with Gasteiger partial charge in [-0.3, -0.25) is 16.3 Å². The van der Waals surface area contributed by atoms with Crippen LogP contribution in [0.4, 0.5) is 4.39 Å². The summed E-state index contributed by atoms with van der Waals surface area (Å²) in [4.78, 5) is 3.99. The Hall–Kier alpha value is -1.00. The number of pyridine rings is 1. The zero-order chi connectivity index (χ0) is 10.6. The van der Waals surface area contributed by atoms with E-state index in [1.807, 2.05) is 0 Å². The topological polar surface area (TPSA) is 50.9 Å². The van der Waals surface area contributed by atoms with Crippen molar-refractivity contribution >= 4 is 0 Å². The third-order valence-electron chi connectivity index (χ3n) is 2.02. The third-order valence-corrected chi connectivity index (χ3v) is 2.02. The number of hydrogen-bond acceptors (Lipinski definition) is 3. The quantitative estimate of drug-likeness (QED) is 0.571. The van der Waals surface area contributed by atoms with Gasteiger partial charge in [-0.2, -0.15) is 0 Å². The van der Waals surface area contributed by atoms with E-state index in [-0.39, 0.29) is 11.9 Å². The van der Waals surface area contributed by atoms with Crippen molar-refractivity contribution in [3.8, 4) is 0 Å². The SMILES string of the molecule is CC(C)CC(NN)c1ccc(F)cn1. The summed E-state index contributed by atoms with van der Waals surface area (Å²) in [6, 6.07) is 3.05. The molecule has 0 radical (unpaired) electrons. The van der Waals surface area contributed by atoms with E-state index in [1.165, 1.54) is 12.3 Å². The zero-order valence-corrected chi connectivity index (χ0v) is 8.50. The van der Waals surface area contributed by atoms with Crippen LogP contribution in [-0.2, 0) is 0 Å². The van der Waals surface area contributed by atoms with Crippen LogP contribution < -0.4 is 11.3 Å². The average Bonchev–Trinajstić information content (AvgIpc) is 2.15. The summed E-state index contributed by atoms with van der Waals surface area (Å²) in [6.45, 7) is 4.21. The van der Waals surface area contributed by atoms with Crippen molar-refractivity contribution in [2.24, 2.45) is 11.8 Å². The number of nitrogens with zero attached hydrogens (tertiary/aromatic N) is 1. The van der Waals surface area contributed by atoms with Gasteiger partial charge in [-0.1, -0.05) is 13.8 Å². The molecular weight excluding hydrogens is 181 g/mol. The maximum atomic E-state index is 12.6. The lowest BCUT2D eigenvalue weighted by Gasteiger charge is -2.17. The predicted octanol–water partition coefficient (Wildman–Crippen LogP) is 1.77. The molecule has 1 rings (SSSR count). The standard InChI is InChI=1S/C10H16FN3/c1-7(2)5-10(14-12)9-4-3-8(11)6-13-9/h3-4,6-7,10,14H,5,12H2,1-2H3. The zero-order valence-electron chi connectivity index (χ0n) is 8.50. The van der Waals surface area contributed by atoms with Crippen molar-refractivity contribution in [2.75, 3.05) is 0 Å². The summed E-state index contributed by atoms with van der Waals surface area (Å²) in [7, 11) is 0. The molecular formula is C10H16FN3. The van der Waals surface area contributed by atoms with E-state index in [4.69, 9.17) is 5.84 Å². The van der Waals surface area contributed by atoms with Crippen molar-refractivity contribution < 1.29 is 4.39 Å². The van der Waals surface area contributed by atoms with Crippen LogP contribution in [0.5, 0.6) is 0 Å². The summed E-state index contributed by atoms with van der Waals surface area (Å²) < 4.78 is 12.6. The van der Waals surface area contributed by atoms with E-state index in [2.05, 4.69) is 24.3 Å². The molecule has 1 heterocycles. The minimum Gasteiger partial charge on any atom is -0.271 e. The Labute approximate surface area is 83.5 Å². The molecule has 1 aromatic rings. The predicted molar refractivity (Wildman–Crippen MR) is 53.7 cm³/mol. The number of aromatic nitrogens is 1. The Kier molecular flexibility index (Phi) is 3.98. The van der Waals surface area contributed by atoms with Gasteiger partial charge in [-0.15, -0.1) is 0 Å². The number of hydrogen-bond donors (Lipinski definition) is 2. The van der Waals surface area contributed by atoms with Crippen LogP contribution in [0, 0.1) is 11.7 Å². The monoisotopic (exact) mass is 197 g/mol. The second-order valence-corrected chi connectivity index (χ2v) is 3.75. The van der Waals surface area contributed by atoms with Crippen LogP contribution in [0.2, 0.25) is 0 Å². The highest BCUT2D eigenvalue weighted by atomic mass is 19.1. The molecule has 1 atom stereocenters. The van der Waals surface area contributed by atoms with Gasteiger partial charge >= 0.3 is 0 Å². The van der Waals surface area contributed by atoms with E-state index < -0.39 is 0 Å². The minimum atomic E-state index is -0.325. The highest BCUT2D eigenvalue weighted by Crippen LogP contribution is 2.18. The molecule has 1 unspecified atom stereocenters. The molecule has 0 spiro atoms. The van der Waals surface area contributed by atoms with E-state index in [1.54, 1.807) is 6.07 Å². The van der Waals surface area contributed by atoms with Crippen LogP contribution in [-0.4, -0.2) is 4.98 Å². The van der Waals surface area contributed by atoms with Gasteiger partial charge in [0.15, 0.2) is 0 Å². The number of rotatable bonds is 4. The minimum absolute atomic E-state index is 0.00407. The molecule has 4 heteroatoms. The summed E-state index contributed by atoms with van der Waals surface area (Å²) in [5, 5.41) is 0. The Morgan fingerprint density at radius 3 is 2.64 bits per heavy atom.